The van der Waals surface area contributed by atoms with E-state index in [1.807, 2.05) is 17.0 Å². The maximum absolute atomic E-state index is 13.6. The topological polar surface area (TPSA) is 55.8 Å². The second kappa shape index (κ2) is 10.0. The van der Waals surface area contributed by atoms with Gasteiger partial charge < -0.3 is 9.47 Å². The van der Waals surface area contributed by atoms with Crippen LogP contribution in [0, 0.1) is 0 Å². The van der Waals surface area contributed by atoms with Crippen molar-refractivity contribution in [1.29, 1.82) is 0 Å². The van der Waals surface area contributed by atoms with E-state index >= 15 is 0 Å². The van der Waals surface area contributed by atoms with Crippen molar-refractivity contribution >= 4 is 46.5 Å². The normalized spacial score (nSPS) is 15.5. The minimum atomic E-state index is -1.28. The Hall–Kier alpha value is -2.38. The highest BCUT2D eigenvalue weighted by Crippen LogP contribution is 2.36. The van der Waals surface area contributed by atoms with Crippen LogP contribution >= 0.6 is 34.5 Å². The molecule has 3 aromatic rings. The van der Waals surface area contributed by atoms with E-state index in [2.05, 4.69) is 11.4 Å². The summed E-state index contributed by atoms with van der Waals surface area (Å²) in [6.45, 7) is 1.24. The van der Waals surface area contributed by atoms with Gasteiger partial charge in [0, 0.05) is 33.6 Å². The molecule has 0 saturated heterocycles. The molecule has 0 spiro atoms. The molecule has 0 N–H and O–H groups in total. The van der Waals surface area contributed by atoms with E-state index in [9.17, 15) is 9.59 Å². The van der Waals surface area contributed by atoms with Gasteiger partial charge in [-0.2, -0.15) is 0 Å². The lowest BCUT2D eigenvalue weighted by atomic mass is 10.0. The van der Waals surface area contributed by atoms with Gasteiger partial charge in [0.25, 0.3) is 0 Å². The van der Waals surface area contributed by atoms with Gasteiger partial charge in [0.2, 0.25) is 6.10 Å². The molecule has 0 unspecified atom stereocenters. The molecular weight excluding hydrogens is 469 g/mol. The van der Waals surface area contributed by atoms with Crippen molar-refractivity contribution in [2.75, 3.05) is 13.7 Å². The summed E-state index contributed by atoms with van der Waals surface area (Å²) < 4.78 is 10.7. The Morgan fingerprint density at radius 1 is 0.969 bits per heavy atom. The number of carbonyl (C=O) groups excluding carboxylic acids is 2. The van der Waals surface area contributed by atoms with Gasteiger partial charge in [0.1, 0.15) is 6.04 Å². The predicted octanol–water partition coefficient (Wildman–Crippen LogP) is 5.61. The number of benzene rings is 2. The summed E-state index contributed by atoms with van der Waals surface area (Å²) in [5.41, 5.74) is 2.17. The van der Waals surface area contributed by atoms with Crippen LogP contribution in [0.1, 0.15) is 33.7 Å². The summed E-state index contributed by atoms with van der Waals surface area (Å²) in [7, 11) is 1.24. The van der Waals surface area contributed by atoms with E-state index < -0.39 is 24.1 Å². The van der Waals surface area contributed by atoms with Crippen LogP contribution < -0.4 is 0 Å². The molecule has 0 fully saturated rings. The van der Waals surface area contributed by atoms with Gasteiger partial charge in [-0.1, -0.05) is 59.6 Å². The molecule has 0 radical (unpaired) electrons. The minimum absolute atomic E-state index is 0.311. The quantitative estimate of drug-likeness (QED) is 0.421. The number of hydrogen-bond acceptors (Lipinski definition) is 6. The number of nitrogens with zero attached hydrogens (tertiary/aromatic N) is 1. The summed E-state index contributed by atoms with van der Waals surface area (Å²) in [5, 5.41) is 2.82. The molecule has 4 rings (SSSR count). The fourth-order valence-corrected chi connectivity index (χ4v) is 5.24. The third kappa shape index (κ3) is 4.69. The van der Waals surface area contributed by atoms with Crippen molar-refractivity contribution in [3.05, 3.63) is 91.6 Å². The van der Waals surface area contributed by atoms with Crippen LogP contribution in [0.15, 0.2) is 60.0 Å². The number of thiophene rings is 1. The fourth-order valence-electron chi connectivity index (χ4n) is 3.87. The van der Waals surface area contributed by atoms with E-state index in [-0.39, 0.29) is 0 Å². The van der Waals surface area contributed by atoms with Gasteiger partial charge >= 0.3 is 11.9 Å². The molecule has 8 heteroatoms. The van der Waals surface area contributed by atoms with Gasteiger partial charge in [0.05, 0.1) is 7.11 Å². The highest BCUT2D eigenvalue weighted by atomic mass is 35.5. The number of hydrogen-bond donors (Lipinski definition) is 0. The van der Waals surface area contributed by atoms with Gasteiger partial charge in [-0.3, -0.25) is 4.90 Å². The molecular formula is C24H21Cl2NO4S. The Bertz CT molecular complexity index is 1130. The number of esters is 2. The van der Waals surface area contributed by atoms with E-state index in [0.29, 0.717) is 34.3 Å². The molecule has 0 bridgehead atoms. The van der Waals surface area contributed by atoms with Crippen LogP contribution in [0.5, 0.6) is 0 Å². The highest BCUT2D eigenvalue weighted by Gasteiger charge is 2.37. The molecule has 0 amide bonds. The predicted molar refractivity (Wildman–Crippen MR) is 125 cm³/mol. The number of halogens is 2. The first-order valence-corrected chi connectivity index (χ1v) is 11.7. The van der Waals surface area contributed by atoms with Crippen molar-refractivity contribution < 1.29 is 19.1 Å². The van der Waals surface area contributed by atoms with Crippen molar-refractivity contribution in [3.8, 4) is 0 Å². The SMILES string of the molecule is COC(=O)[C@H](OC(=O)[C@@H](c1ccccc1Cl)N1CCc2sccc2C1)c1ccccc1Cl. The van der Waals surface area contributed by atoms with E-state index in [4.69, 9.17) is 32.7 Å². The van der Waals surface area contributed by atoms with Crippen molar-refractivity contribution in [3.63, 3.8) is 0 Å². The second-order valence-corrected chi connectivity index (χ2v) is 9.19. The third-order valence-corrected chi connectivity index (χ3v) is 7.17. The molecule has 1 aliphatic heterocycles. The summed E-state index contributed by atoms with van der Waals surface area (Å²) in [4.78, 5) is 29.5. The zero-order valence-electron chi connectivity index (χ0n) is 17.3. The van der Waals surface area contributed by atoms with Gasteiger partial charge in [-0.15, -0.1) is 11.3 Å². The fraction of sp³-hybridized carbons (Fsp3) is 0.250. The second-order valence-electron chi connectivity index (χ2n) is 7.38. The highest BCUT2D eigenvalue weighted by molar-refractivity contribution is 7.10. The van der Waals surface area contributed by atoms with Crippen LogP contribution in [0.25, 0.3) is 0 Å². The van der Waals surface area contributed by atoms with Crippen LogP contribution in [0.2, 0.25) is 10.0 Å². The molecule has 2 aromatic carbocycles. The average Bonchev–Trinajstić information content (AvgIpc) is 3.27. The first-order chi connectivity index (χ1) is 15.5. The lowest BCUT2D eigenvalue weighted by molar-refractivity contribution is -0.170. The third-order valence-electron chi connectivity index (χ3n) is 5.46. The molecule has 1 aromatic heterocycles. The van der Waals surface area contributed by atoms with Crippen molar-refractivity contribution in [2.45, 2.75) is 25.1 Å². The molecule has 32 heavy (non-hydrogen) atoms. The Labute approximate surface area is 200 Å². The van der Waals surface area contributed by atoms with Gasteiger partial charge in [-0.05, 0) is 41.1 Å². The number of fused-ring (bicyclic) bond motifs is 1. The number of methoxy groups -OCH3 is 1. The monoisotopic (exact) mass is 489 g/mol. The number of carbonyl (C=O) groups is 2. The van der Waals surface area contributed by atoms with E-state index in [0.717, 1.165) is 6.42 Å². The van der Waals surface area contributed by atoms with Crippen LogP contribution in [0.4, 0.5) is 0 Å². The zero-order valence-corrected chi connectivity index (χ0v) is 19.6. The number of rotatable bonds is 6. The number of ether oxygens (including phenoxy) is 2. The van der Waals surface area contributed by atoms with Crippen molar-refractivity contribution in [1.82, 2.24) is 4.90 Å². The zero-order chi connectivity index (χ0) is 22.7. The standard InChI is InChI=1S/C24H21Cl2NO4S/c1-30-24(29)22(17-7-3-5-9-19(17)26)31-23(28)21(16-6-2-4-8-18(16)25)27-12-10-20-15(14-27)11-13-32-20/h2-9,11,13,21-22H,10,12,14H2,1H3/t21-,22-/m1/s1. The Morgan fingerprint density at radius 2 is 1.62 bits per heavy atom. The maximum Gasteiger partial charge on any atom is 0.352 e. The maximum atomic E-state index is 13.6. The summed E-state index contributed by atoms with van der Waals surface area (Å²) in [5.74, 6) is -1.30. The van der Waals surface area contributed by atoms with Crippen molar-refractivity contribution in [2.24, 2.45) is 0 Å². The summed E-state index contributed by atoms with van der Waals surface area (Å²) in [6.07, 6.45) is -0.459. The Kier molecular flexibility index (Phi) is 7.16. The first-order valence-electron chi connectivity index (χ1n) is 10.1. The molecule has 5 nitrogen and oxygen atoms in total. The van der Waals surface area contributed by atoms with Crippen LogP contribution in [-0.2, 0) is 32.0 Å². The largest absolute Gasteiger partial charge is 0.466 e. The molecule has 2 atom stereocenters. The van der Waals surface area contributed by atoms with Crippen LogP contribution in [-0.4, -0.2) is 30.5 Å². The Balaban J connectivity index is 1.69. The average molecular weight is 490 g/mol. The summed E-state index contributed by atoms with van der Waals surface area (Å²) >= 11 is 14.5. The van der Waals surface area contributed by atoms with Gasteiger partial charge in [0.15, 0.2) is 0 Å². The van der Waals surface area contributed by atoms with E-state index in [1.165, 1.54) is 17.6 Å². The molecule has 2 heterocycles. The summed E-state index contributed by atoms with van der Waals surface area (Å²) in [6, 6.07) is 15.2. The van der Waals surface area contributed by atoms with Crippen LogP contribution in [0.3, 0.4) is 0 Å². The first kappa shape index (κ1) is 22.8. The Morgan fingerprint density at radius 3 is 2.28 bits per heavy atom. The lowest BCUT2D eigenvalue weighted by Crippen LogP contribution is -2.39. The molecule has 0 saturated carbocycles. The molecule has 1 aliphatic rings. The molecule has 166 valence electrons. The minimum Gasteiger partial charge on any atom is -0.466 e. The smallest absolute Gasteiger partial charge is 0.352 e. The van der Waals surface area contributed by atoms with Gasteiger partial charge in [-0.25, -0.2) is 9.59 Å². The lowest BCUT2D eigenvalue weighted by Gasteiger charge is -2.34. The van der Waals surface area contributed by atoms with E-state index in [1.54, 1.807) is 47.7 Å². The molecule has 0 aliphatic carbocycles.